The van der Waals surface area contributed by atoms with Crippen LogP contribution in [0.2, 0.25) is 5.15 Å². The third-order valence-electron chi connectivity index (χ3n) is 1.66. The van der Waals surface area contributed by atoms with Gasteiger partial charge in [0.2, 0.25) is 0 Å². The number of carbonyl (C=O) groups excluding carboxylic acids is 1. The highest BCUT2D eigenvalue weighted by Crippen LogP contribution is 2.22. The summed E-state index contributed by atoms with van der Waals surface area (Å²) >= 11 is 5.78. The molecule has 0 saturated carbocycles. The fourth-order valence-electron chi connectivity index (χ4n) is 0.952. The molecule has 0 atom stereocenters. The summed E-state index contributed by atoms with van der Waals surface area (Å²) in [5, 5.41) is 11.1. The summed E-state index contributed by atoms with van der Waals surface area (Å²) in [6, 6.07) is 1.72. The summed E-state index contributed by atoms with van der Waals surface area (Å²) < 4.78 is 4.62. The van der Waals surface area contributed by atoms with Crippen LogP contribution < -0.4 is 5.32 Å². The molecule has 0 saturated heterocycles. The first kappa shape index (κ1) is 11.7. The highest BCUT2D eigenvalue weighted by molar-refractivity contribution is 6.32. The second-order valence-corrected chi connectivity index (χ2v) is 3.14. The molecular weight excluding hydrogens is 220 g/mol. The predicted molar refractivity (Wildman–Crippen MR) is 56.0 cm³/mol. The molecule has 82 valence electrons. The van der Waals surface area contributed by atoms with Crippen LogP contribution in [0.15, 0.2) is 12.3 Å². The fourth-order valence-corrected chi connectivity index (χ4v) is 1.20. The number of aromatic nitrogens is 1. The molecule has 1 amide bonds. The summed E-state index contributed by atoms with van der Waals surface area (Å²) in [7, 11) is 0. The topological polar surface area (TPSA) is 71.5 Å². The van der Waals surface area contributed by atoms with E-state index in [1.54, 1.807) is 19.2 Å². The van der Waals surface area contributed by atoms with E-state index in [9.17, 15) is 4.79 Å². The van der Waals surface area contributed by atoms with Gasteiger partial charge in [-0.25, -0.2) is 9.78 Å². The van der Waals surface area contributed by atoms with Crippen molar-refractivity contribution in [2.75, 3.05) is 18.5 Å². The average Bonchev–Trinajstić information content (AvgIpc) is 2.21. The Bertz CT molecular complexity index is 337. The zero-order valence-electron chi connectivity index (χ0n) is 8.16. The van der Waals surface area contributed by atoms with Gasteiger partial charge in [-0.15, -0.1) is 0 Å². The molecule has 2 N–H and O–H groups in total. The lowest BCUT2D eigenvalue weighted by Gasteiger charge is -2.09. The number of amides is 1. The Balaban J connectivity index is 2.68. The molecular formula is C9H11ClN2O3. The second kappa shape index (κ2) is 5.53. The molecule has 15 heavy (non-hydrogen) atoms. The predicted octanol–water partition coefficient (Wildman–Crippen LogP) is 1.58. The van der Waals surface area contributed by atoms with Gasteiger partial charge in [-0.2, -0.15) is 0 Å². The molecule has 0 radical (unpaired) electrons. The molecule has 0 aromatic carbocycles. The SMILES string of the molecule is Cc1ccnc(Cl)c1NC(=O)OCCO. The lowest BCUT2D eigenvalue weighted by molar-refractivity contribution is 0.131. The van der Waals surface area contributed by atoms with Crippen molar-refractivity contribution in [1.82, 2.24) is 4.98 Å². The van der Waals surface area contributed by atoms with Crippen molar-refractivity contribution in [3.63, 3.8) is 0 Å². The highest BCUT2D eigenvalue weighted by Gasteiger charge is 2.09. The molecule has 0 bridgehead atoms. The van der Waals surface area contributed by atoms with Gasteiger partial charge in [0.05, 0.1) is 12.3 Å². The van der Waals surface area contributed by atoms with Crippen molar-refractivity contribution in [2.45, 2.75) is 6.92 Å². The van der Waals surface area contributed by atoms with Gasteiger partial charge in [0, 0.05) is 6.20 Å². The number of halogens is 1. The number of aryl methyl sites for hydroxylation is 1. The van der Waals surface area contributed by atoms with Crippen molar-refractivity contribution in [1.29, 1.82) is 0 Å². The molecule has 1 aromatic heterocycles. The molecule has 5 nitrogen and oxygen atoms in total. The van der Waals surface area contributed by atoms with E-state index in [4.69, 9.17) is 16.7 Å². The molecule has 1 rings (SSSR count). The van der Waals surface area contributed by atoms with Crippen LogP contribution in [0, 0.1) is 6.92 Å². The Hall–Kier alpha value is -1.33. The summed E-state index contributed by atoms with van der Waals surface area (Å²) in [5.41, 5.74) is 1.21. The van der Waals surface area contributed by atoms with Crippen molar-refractivity contribution in [3.8, 4) is 0 Å². The Kier molecular flexibility index (Phi) is 4.33. The van der Waals surface area contributed by atoms with Gasteiger partial charge in [0.25, 0.3) is 0 Å². The largest absolute Gasteiger partial charge is 0.447 e. The fraction of sp³-hybridized carbons (Fsp3) is 0.333. The van der Waals surface area contributed by atoms with E-state index in [1.165, 1.54) is 0 Å². The van der Waals surface area contributed by atoms with Gasteiger partial charge in [-0.3, -0.25) is 5.32 Å². The maximum atomic E-state index is 11.1. The Morgan fingerprint density at radius 2 is 2.47 bits per heavy atom. The first-order chi connectivity index (χ1) is 7.15. The summed E-state index contributed by atoms with van der Waals surface area (Å²) in [6.45, 7) is 1.52. The molecule has 1 heterocycles. The number of pyridine rings is 1. The average molecular weight is 231 g/mol. The van der Waals surface area contributed by atoms with Crippen molar-refractivity contribution < 1.29 is 14.6 Å². The normalized spacial score (nSPS) is 9.80. The van der Waals surface area contributed by atoms with Gasteiger partial charge < -0.3 is 9.84 Å². The third kappa shape index (κ3) is 3.38. The van der Waals surface area contributed by atoms with E-state index in [1.807, 2.05) is 0 Å². The van der Waals surface area contributed by atoms with E-state index in [-0.39, 0.29) is 18.4 Å². The Morgan fingerprint density at radius 3 is 3.07 bits per heavy atom. The second-order valence-electron chi connectivity index (χ2n) is 2.78. The first-order valence-electron chi connectivity index (χ1n) is 4.31. The first-order valence-corrected chi connectivity index (χ1v) is 4.68. The summed E-state index contributed by atoms with van der Waals surface area (Å²) in [5.74, 6) is 0. The number of hydrogen-bond donors (Lipinski definition) is 2. The summed E-state index contributed by atoms with van der Waals surface area (Å²) in [6.07, 6.45) is 0.879. The Labute approximate surface area is 92.0 Å². The van der Waals surface area contributed by atoms with E-state index in [0.717, 1.165) is 5.56 Å². The molecule has 1 aromatic rings. The number of nitrogens with one attached hydrogen (secondary N) is 1. The van der Waals surface area contributed by atoms with Crippen LogP contribution in [0.4, 0.5) is 10.5 Å². The molecule has 0 aliphatic carbocycles. The molecule has 6 heteroatoms. The van der Waals surface area contributed by atoms with E-state index >= 15 is 0 Å². The zero-order chi connectivity index (χ0) is 11.3. The van der Waals surface area contributed by atoms with Gasteiger partial charge in [0.1, 0.15) is 6.61 Å². The van der Waals surface area contributed by atoms with Crippen LogP contribution in [-0.2, 0) is 4.74 Å². The quantitative estimate of drug-likeness (QED) is 0.774. The molecule has 0 fully saturated rings. The number of rotatable bonds is 3. The van der Waals surface area contributed by atoms with E-state index < -0.39 is 6.09 Å². The summed E-state index contributed by atoms with van der Waals surface area (Å²) in [4.78, 5) is 15.0. The van der Waals surface area contributed by atoms with Crippen molar-refractivity contribution >= 4 is 23.4 Å². The van der Waals surface area contributed by atoms with Gasteiger partial charge in [-0.1, -0.05) is 11.6 Å². The molecule has 0 spiro atoms. The van der Waals surface area contributed by atoms with E-state index in [2.05, 4.69) is 15.0 Å². The van der Waals surface area contributed by atoms with Crippen LogP contribution in [0.1, 0.15) is 5.56 Å². The number of hydrogen-bond acceptors (Lipinski definition) is 4. The van der Waals surface area contributed by atoms with Crippen LogP contribution in [0.5, 0.6) is 0 Å². The van der Waals surface area contributed by atoms with Gasteiger partial charge >= 0.3 is 6.09 Å². The molecule has 0 aliphatic heterocycles. The number of carbonyl (C=O) groups is 1. The van der Waals surface area contributed by atoms with Crippen LogP contribution in [0.3, 0.4) is 0 Å². The minimum absolute atomic E-state index is 0.0528. The number of ether oxygens (including phenoxy) is 1. The van der Waals surface area contributed by atoms with Crippen LogP contribution >= 0.6 is 11.6 Å². The van der Waals surface area contributed by atoms with E-state index in [0.29, 0.717) is 5.69 Å². The maximum Gasteiger partial charge on any atom is 0.411 e. The standard InChI is InChI=1S/C9H11ClN2O3/c1-6-2-3-11-8(10)7(6)12-9(14)15-5-4-13/h2-3,13H,4-5H2,1H3,(H,12,14). The zero-order valence-corrected chi connectivity index (χ0v) is 8.91. The van der Waals surface area contributed by atoms with Crippen molar-refractivity contribution in [3.05, 3.63) is 23.0 Å². The molecule has 0 unspecified atom stereocenters. The minimum Gasteiger partial charge on any atom is -0.447 e. The number of nitrogens with zero attached hydrogens (tertiary/aromatic N) is 1. The minimum atomic E-state index is -0.665. The van der Waals surface area contributed by atoms with Crippen molar-refractivity contribution in [2.24, 2.45) is 0 Å². The lowest BCUT2D eigenvalue weighted by atomic mass is 10.2. The Morgan fingerprint density at radius 1 is 1.73 bits per heavy atom. The third-order valence-corrected chi connectivity index (χ3v) is 1.95. The van der Waals surface area contributed by atoms with Gasteiger partial charge in [-0.05, 0) is 18.6 Å². The number of anilines is 1. The smallest absolute Gasteiger partial charge is 0.411 e. The molecule has 0 aliphatic rings. The van der Waals surface area contributed by atoms with Crippen LogP contribution in [-0.4, -0.2) is 29.4 Å². The number of aliphatic hydroxyl groups is 1. The lowest BCUT2D eigenvalue weighted by Crippen LogP contribution is -2.16. The highest BCUT2D eigenvalue weighted by atomic mass is 35.5. The maximum absolute atomic E-state index is 11.1. The monoisotopic (exact) mass is 230 g/mol. The number of aliphatic hydroxyl groups excluding tert-OH is 1. The van der Waals surface area contributed by atoms with Gasteiger partial charge in [0.15, 0.2) is 5.15 Å². The van der Waals surface area contributed by atoms with Crippen LogP contribution in [0.25, 0.3) is 0 Å².